The number of allylic oxidation sites excluding steroid dienone is 1. The molecule has 0 fully saturated rings. The lowest BCUT2D eigenvalue weighted by Gasteiger charge is -1.91. The van der Waals surface area contributed by atoms with Gasteiger partial charge in [-0.25, -0.2) is 9.37 Å². The summed E-state index contributed by atoms with van der Waals surface area (Å²) >= 11 is 2.86. The molecule has 1 aromatic heterocycles. The van der Waals surface area contributed by atoms with Gasteiger partial charge in [0.2, 0.25) is 0 Å². The maximum Gasteiger partial charge on any atom is 0.155 e. The molecule has 80 valence electrons. The molecule has 0 atom stereocenters. The van der Waals surface area contributed by atoms with E-state index in [0.29, 0.717) is 15.8 Å². The Kier molecular flexibility index (Phi) is 3.22. The Morgan fingerprint density at radius 2 is 2.38 bits per heavy atom. The second kappa shape index (κ2) is 4.64. The molecular weight excluding hydrogens is 243 g/mol. The van der Waals surface area contributed by atoms with Crippen LogP contribution in [0.3, 0.4) is 0 Å². The number of nitriles is 1. The van der Waals surface area contributed by atoms with E-state index in [1.807, 2.05) is 24.5 Å². The molecule has 5 heteroatoms. The molecule has 1 aromatic carbocycles. The molecule has 0 saturated heterocycles. The van der Waals surface area contributed by atoms with Crippen molar-refractivity contribution in [2.45, 2.75) is 11.3 Å². The van der Waals surface area contributed by atoms with E-state index in [-0.39, 0.29) is 0 Å². The Morgan fingerprint density at radius 3 is 3.06 bits per heavy atom. The molecule has 0 aliphatic heterocycles. The SMILES string of the molecule is CC=CSc1nc2c(C#N)cc(F)cc2s1. The molecule has 2 rings (SSSR count). The van der Waals surface area contributed by atoms with Crippen LogP contribution in [0.15, 0.2) is 28.0 Å². The van der Waals surface area contributed by atoms with E-state index in [1.165, 1.54) is 35.2 Å². The first-order valence-corrected chi connectivity index (χ1v) is 6.22. The van der Waals surface area contributed by atoms with Crippen molar-refractivity contribution < 1.29 is 4.39 Å². The fraction of sp³-hybridized carbons (Fsp3) is 0.0909. The van der Waals surface area contributed by atoms with E-state index in [4.69, 9.17) is 5.26 Å². The zero-order chi connectivity index (χ0) is 11.5. The van der Waals surface area contributed by atoms with Gasteiger partial charge in [0.1, 0.15) is 17.4 Å². The molecule has 2 aromatic rings. The largest absolute Gasteiger partial charge is 0.228 e. The second-order valence-corrected chi connectivity index (χ2v) is 5.16. The highest BCUT2D eigenvalue weighted by molar-refractivity contribution is 8.03. The van der Waals surface area contributed by atoms with Crippen LogP contribution >= 0.6 is 23.1 Å². The summed E-state index contributed by atoms with van der Waals surface area (Å²) in [5.41, 5.74) is 0.875. The van der Waals surface area contributed by atoms with Gasteiger partial charge in [0.25, 0.3) is 0 Å². The summed E-state index contributed by atoms with van der Waals surface area (Å²) in [7, 11) is 0. The van der Waals surface area contributed by atoms with Crippen molar-refractivity contribution in [2.75, 3.05) is 0 Å². The standard InChI is InChI=1S/C11H7FN2S2/c1-2-3-15-11-14-10-7(6-13)4-8(12)5-9(10)16-11/h2-5H,1H3. The molecule has 0 unspecified atom stereocenters. The molecule has 0 saturated carbocycles. The summed E-state index contributed by atoms with van der Waals surface area (Å²) in [6.45, 7) is 1.92. The van der Waals surface area contributed by atoms with Crippen molar-refractivity contribution in [1.82, 2.24) is 4.98 Å². The highest BCUT2D eigenvalue weighted by atomic mass is 32.2. The predicted molar refractivity (Wildman–Crippen MR) is 65.0 cm³/mol. The van der Waals surface area contributed by atoms with E-state index >= 15 is 0 Å². The Morgan fingerprint density at radius 1 is 1.56 bits per heavy atom. The van der Waals surface area contributed by atoms with Crippen molar-refractivity contribution in [3.63, 3.8) is 0 Å². The highest BCUT2D eigenvalue weighted by Gasteiger charge is 2.09. The lowest BCUT2D eigenvalue weighted by Crippen LogP contribution is -1.81. The number of halogens is 1. The van der Waals surface area contributed by atoms with Crippen molar-refractivity contribution in [3.05, 3.63) is 35.0 Å². The lowest BCUT2D eigenvalue weighted by atomic mass is 10.2. The van der Waals surface area contributed by atoms with Gasteiger partial charge in [0.05, 0.1) is 10.3 Å². The summed E-state index contributed by atoms with van der Waals surface area (Å²) in [6.07, 6.45) is 1.91. The van der Waals surface area contributed by atoms with Crippen LogP contribution in [0.2, 0.25) is 0 Å². The number of fused-ring (bicyclic) bond motifs is 1. The lowest BCUT2D eigenvalue weighted by molar-refractivity contribution is 0.629. The summed E-state index contributed by atoms with van der Waals surface area (Å²) in [5.74, 6) is -0.393. The van der Waals surface area contributed by atoms with Crippen molar-refractivity contribution in [3.8, 4) is 6.07 Å². The Balaban J connectivity index is 2.57. The number of aromatic nitrogens is 1. The van der Waals surface area contributed by atoms with E-state index in [0.717, 1.165) is 4.34 Å². The summed E-state index contributed by atoms with van der Waals surface area (Å²) in [6, 6.07) is 4.58. The Hall–Kier alpha value is -1.38. The van der Waals surface area contributed by atoms with Gasteiger partial charge in [-0.05, 0) is 24.5 Å². The van der Waals surface area contributed by atoms with Gasteiger partial charge in [-0.15, -0.1) is 11.3 Å². The van der Waals surface area contributed by atoms with Crippen LogP contribution in [0.25, 0.3) is 10.2 Å². The minimum atomic E-state index is -0.393. The molecule has 0 bridgehead atoms. The van der Waals surface area contributed by atoms with E-state index in [1.54, 1.807) is 0 Å². The average Bonchev–Trinajstić information content (AvgIpc) is 2.67. The normalized spacial score (nSPS) is 11.1. The zero-order valence-electron chi connectivity index (χ0n) is 8.40. The van der Waals surface area contributed by atoms with Crippen LogP contribution in [-0.4, -0.2) is 4.98 Å². The molecule has 2 nitrogen and oxygen atoms in total. The fourth-order valence-electron chi connectivity index (χ4n) is 1.24. The van der Waals surface area contributed by atoms with Crippen LogP contribution in [0.5, 0.6) is 0 Å². The molecule has 0 aliphatic carbocycles. The van der Waals surface area contributed by atoms with Crippen LogP contribution in [-0.2, 0) is 0 Å². The quantitative estimate of drug-likeness (QED) is 0.758. The fourth-order valence-corrected chi connectivity index (χ4v) is 3.01. The molecule has 0 aliphatic rings. The van der Waals surface area contributed by atoms with Gasteiger partial charge in [-0.3, -0.25) is 0 Å². The molecule has 0 radical (unpaired) electrons. The predicted octanol–water partition coefficient (Wildman–Crippen LogP) is 3.93. The van der Waals surface area contributed by atoms with Gasteiger partial charge in [0.15, 0.2) is 4.34 Å². The smallest absolute Gasteiger partial charge is 0.155 e. The van der Waals surface area contributed by atoms with Crippen molar-refractivity contribution in [1.29, 1.82) is 5.26 Å². The molecular formula is C11H7FN2S2. The average molecular weight is 250 g/mol. The number of nitrogens with zero attached hydrogens (tertiary/aromatic N) is 2. The maximum atomic E-state index is 13.2. The number of thioether (sulfide) groups is 1. The van der Waals surface area contributed by atoms with Crippen molar-refractivity contribution >= 4 is 33.3 Å². The summed E-state index contributed by atoms with van der Waals surface area (Å²) in [5, 5.41) is 10.8. The molecule has 16 heavy (non-hydrogen) atoms. The van der Waals surface area contributed by atoms with Gasteiger partial charge in [-0.1, -0.05) is 17.8 Å². The molecule has 0 amide bonds. The topological polar surface area (TPSA) is 36.7 Å². The first-order chi connectivity index (χ1) is 7.74. The third-order valence-corrected chi connectivity index (χ3v) is 3.90. The van der Waals surface area contributed by atoms with Crippen molar-refractivity contribution in [2.24, 2.45) is 0 Å². The first-order valence-electron chi connectivity index (χ1n) is 4.52. The van der Waals surface area contributed by atoms with Crippen LogP contribution in [0, 0.1) is 17.1 Å². The number of benzene rings is 1. The minimum Gasteiger partial charge on any atom is -0.228 e. The zero-order valence-corrected chi connectivity index (χ0v) is 10.0. The van der Waals surface area contributed by atoms with Gasteiger partial charge in [0, 0.05) is 0 Å². The number of hydrogen-bond donors (Lipinski definition) is 0. The van der Waals surface area contributed by atoms with E-state index < -0.39 is 5.82 Å². The van der Waals surface area contributed by atoms with E-state index in [2.05, 4.69) is 4.98 Å². The molecule has 1 heterocycles. The number of thiazole rings is 1. The third-order valence-electron chi connectivity index (χ3n) is 1.87. The monoisotopic (exact) mass is 250 g/mol. The first kappa shape index (κ1) is 11.1. The third kappa shape index (κ3) is 2.08. The summed E-state index contributed by atoms with van der Waals surface area (Å²) < 4.78 is 14.7. The minimum absolute atomic E-state index is 0.290. The summed E-state index contributed by atoms with van der Waals surface area (Å²) in [4.78, 5) is 4.30. The molecule has 0 N–H and O–H groups in total. The number of hydrogen-bond acceptors (Lipinski definition) is 4. The van der Waals surface area contributed by atoms with Crippen LogP contribution in [0.1, 0.15) is 12.5 Å². The molecule has 0 spiro atoms. The van der Waals surface area contributed by atoms with Crippen LogP contribution < -0.4 is 0 Å². The van der Waals surface area contributed by atoms with Gasteiger partial charge < -0.3 is 0 Å². The maximum absolute atomic E-state index is 13.2. The van der Waals surface area contributed by atoms with E-state index in [9.17, 15) is 4.39 Å². The highest BCUT2D eigenvalue weighted by Crippen LogP contribution is 2.32. The number of rotatable bonds is 2. The Labute approximate surface area is 100 Å². The van der Waals surface area contributed by atoms with Gasteiger partial charge >= 0.3 is 0 Å². The van der Waals surface area contributed by atoms with Gasteiger partial charge in [-0.2, -0.15) is 5.26 Å². The second-order valence-electron chi connectivity index (χ2n) is 2.98. The Bertz CT molecular complexity index is 596. The van der Waals surface area contributed by atoms with Crippen LogP contribution in [0.4, 0.5) is 4.39 Å².